The number of Topliss-reactive ketones (excluding diaryl/α,β-unsaturated/α-hetero) is 1. The van der Waals surface area contributed by atoms with Crippen molar-refractivity contribution in [3.05, 3.63) is 41.5 Å². The topological polar surface area (TPSA) is 63.2 Å². The molecule has 1 heterocycles. The molecule has 1 atom stereocenters. The summed E-state index contributed by atoms with van der Waals surface area (Å²) in [4.78, 5) is 12.5. The largest absolute Gasteiger partial charge is 0.497 e. The molecule has 1 aliphatic heterocycles. The Morgan fingerprint density at radius 3 is 2.16 bits per heavy atom. The van der Waals surface area contributed by atoms with Crippen molar-refractivity contribution < 1.29 is 28.5 Å². The van der Waals surface area contributed by atoms with Gasteiger partial charge in [0.15, 0.2) is 17.3 Å². The van der Waals surface area contributed by atoms with Crippen LogP contribution in [-0.2, 0) is 0 Å². The SMILES string of the molecule is COc1ccc2c(c1)O[C@@H](c1cc(OC)c(OC)c(OC)c1)CC2=O. The summed E-state index contributed by atoms with van der Waals surface area (Å²) >= 11 is 0. The lowest BCUT2D eigenvalue weighted by Gasteiger charge is -2.26. The first-order valence-electron chi connectivity index (χ1n) is 7.79. The standard InChI is InChI=1S/C19H20O6/c1-21-12-5-6-13-14(20)10-15(25-16(13)9-12)11-7-17(22-2)19(24-4)18(8-11)23-3/h5-9,15H,10H2,1-4H3/t15-/m1/s1. The average Bonchev–Trinajstić information content (AvgIpc) is 2.65. The number of ketones is 1. The summed E-state index contributed by atoms with van der Waals surface area (Å²) in [6.07, 6.45) is -0.210. The molecule has 0 fully saturated rings. The fourth-order valence-corrected chi connectivity index (χ4v) is 2.90. The molecule has 0 saturated carbocycles. The minimum Gasteiger partial charge on any atom is -0.497 e. The highest BCUT2D eigenvalue weighted by Crippen LogP contribution is 2.43. The number of benzene rings is 2. The van der Waals surface area contributed by atoms with E-state index in [1.165, 1.54) is 0 Å². The van der Waals surface area contributed by atoms with Crippen molar-refractivity contribution in [2.24, 2.45) is 0 Å². The van der Waals surface area contributed by atoms with Crippen LogP contribution in [0.4, 0.5) is 0 Å². The van der Waals surface area contributed by atoms with Crippen LogP contribution >= 0.6 is 0 Å². The van der Waals surface area contributed by atoms with Gasteiger partial charge in [-0.2, -0.15) is 0 Å². The van der Waals surface area contributed by atoms with Gasteiger partial charge >= 0.3 is 0 Å². The lowest BCUT2D eigenvalue weighted by atomic mass is 9.95. The third-order valence-corrected chi connectivity index (χ3v) is 4.19. The molecule has 0 spiro atoms. The third kappa shape index (κ3) is 3.07. The van der Waals surface area contributed by atoms with Crippen LogP contribution in [0.2, 0.25) is 0 Å². The molecule has 0 N–H and O–H groups in total. The van der Waals surface area contributed by atoms with Crippen molar-refractivity contribution >= 4 is 5.78 Å². The Morgan fingerprint density at radius 1 is 0.920 bits per heavy atom. The number of methoxy groups -OCH3 is 4. The van der Waals surface area contributed by atoms with E-state index < -0.39 is 6.10 Å². The molecule has 0 saturated heterocycles. The van der Waals surface area contributed by atoms with Crippen molar-refractivity contribution in [2.75, 3.05) is 28.4 Å². The first-order valence-corrected chi connectivity index (χ1v) is 7.79. The summed E-state index contributed by atoms with van der Waals surface area (Å²) < 4.78 is 27.4. The van der Waals surface area contributed by atoms with Gasteiger partial charge in [0.1, 0.15) is 17.6 Å². The van der Waals surface area contributed by atoms with Crippen molar-refractivity contribution in [3.63, 3.8) is 0 Å². The van der Waals surface area contributed by atoms with E-state index in [9.17, 15) is 4.79 Å². The minimum absolute atomic E-state index is 0.0163. The monoisotopic (exact) mass is 344 g/mol. The van der Waals surface area contributed by atoms with Gasteiger partial charge in [-0.3, -0.25) is 4.79 Å². The van der Waals surface area contributed by atoms with Gasteiger partial charge in [-0.25, -0.2) is 0 Å². The van der Waals surface area contributed by atoms with E-state index in [-0.39, 0.29) is 12.2 Å². The second-order valence-electron chi connectivity index (χ2n) is 5.55. The lowest BCUT2D eigenvalue weighted by Crippen LogP contribution is -2.20. The molecule has 0 unspecified atom stereocenters. The maximum atomic E-state index is 12.5. The maximum absolute atomic E-state index is 12.5. The molecule has 0 radical (unpaired) electrons. The molecule has 0 aliphatic carbocycles. The number of rotatable bonds is 5. The molecule has 2 aromatic rings. The molecule has 1 aliphatic rings. The quantitative estimate of drug-likeness (QED) is 0.828. The lowest BCUT2D eigenvalue weighted by molar-refractivity contribution is 0.0848. The van der Waals surface area contributed by atoms with Gasteiger partial charge in [0, 0.05) is 11.6 Å². The highest BCUT2D eigenvalue weighted by Gasteiger charge is 2.29. The van der Waals surface area contributed by atoms with Crippen LogP contribution in [-0.4, -0.2) is 34.2 Å². The number of carbonyl (C=O) groups is 1. The summed E-state index contributed by atoms with van der Waals surface area (Å²) in [5.74, 6) is 2.70. The molecule has 0 bridgehead atoms. The number of carbonyl (C=O) groups excluding carboxylic acids is 1. The van der Waals surface area contributed by atoms with E-state index in [1.54, 1.807) is 58.8 Å². The molecule has 6 nitrogen and oxygen atoms in total. The predicted molar refractivity (Wildman–Crippen MR) is 91.4 cm³/mol. The summed E-state index contributed by atoms with van der Waals surface area (Å²) in [6, 6.07) is 8.79. The highest BCUT2D eigenvalue weighted by atomic mass is 16.5. The van der Waals surface area contributed by atoms with Crippen LogP contribution in [0.5, 0.6) is 28.7 Å². The number of ether oxygens (including phenoxy) is 5. The minimum atomic E-state index is -0.444. The third-order valence-electron chi connectivity index (χ3n) is 4.19. The van der Waals surface area contributed by atoms with Gasteiger partial charge in [0.2, 0.25) is 5.75 Å². The van der Waals surface area contributed by atoms with Crippen molar-refractivity contribution in [2.45, 2.75) is 12.5 Å². The first kappa shape index (κ1) is 17.0. The summed E-state index contributed by atoms with van der Waals surface area (Å²) in [5, 5.41) is 0. The second-order valence-corrected chi connectivity index (χ2v) is 5.55. The summed E-state index contributed by atoms with van der Waals surface area (Å²) in [5.41, 5.74) is 1.33. The Kier molecular flexibility index (Phi) is 4.70. The number of hydrogen-bond acceptors (Lipinski definition) is 6. The molecule has 2 aromatic carbocycles. The van der Waals surface area contributed by atoms with Gasteiger partial charge in [-0.1, -0.05) is 0 Å². The maximum Gasteiger partial charge on any atom is 0.203 e. The number of hydrogen-bond donors (Lipinski definition) is 0. The van der Waals surface area contributed by atoms with Crippen LogP contribution in [0, 0.1) is 0 Å². The zero-order valence-corrected chi connectivity index (χ0v) is 14.6. The van der Waals surface area contributed by atoms with E-state index in [2.05, 4.69) is 0 Å². The van der Waals surface area contributed by atoms with E-state index in [1.807, 2.05) is 0 Å². The Bertz CT molecular complexity index is 773. The van der Waals surface area contributed by atoms with Gasteiger partial charge in [-0.15, -0.1) is 0 Å². The fraction of sp³-hybridized carbons (Fsp3) is 0.316. The van der Waals surface area contributed by atoms with Crippen molar-refractivity contribution in [3.8, 4) is 28.7 Å². The molecular formula is C19H20O6. The zero-order valence-electron chi connectivity index (χ0n) is 14.6. The van der Waals surface area contributed by atoms with Crippen LogP contribution < -0.4 is 23.7 Å². The van der Waals surface area contributed by atoms with Gasteiger partial charge in [0.25, 0.3) is 0 Å². The Hall–Kier alpha value is -2.89. The van der Waals surface area contributed by atoms with Crippen LogP contribution in [0.15, 0.2) is 30.3 Å². The summed E-state index contributed by atoms with van der Waals surface area (Å²) in [7, 11) is 6.22. The molecule has 3 rings (SSSR count). The fourth-order valence-electron chi connectivity index (χ4n) is 2.90. The van der Waals surface area contributed by atoms with Gasteiger partial charge in [-0.05, 0) is 24.3 Å². The van der Waals surface area contributed by atoms with Gasteiger partial charge in [0.05, 0.1) is 40.4 Å². The summed E-state index contributed by atoms with van der Waals surface area (Å²) in [6.45, 7) is 0. The normalized spacial score (nSPS) is 15.8. The van der Waals surface area contributed by atoms with Crippen molar-refractivity contribution in [1.29, 1.82) is 0 Å². The molecule has 132 valence electrons. The van der Waals surface area contributed by atoms with Crippen LogP contribution in [0.25, 0.3) is 0 Å². The zero-order chi connectivity index (χ0) is 18.0. The van der Waals surface area contributed by atoms with Crippen LogP contribution in [0.3, 0.4) is 0 Å². The molecule has 6 heteroatoms. The van der Waals surface area contributed by atoms with E-state index in [0.29, 0.717) is 34.3 Å². The molecule has 0 aromatic heterocycles. The van der Waals surface area contributed by atoms with Crippen molar-refractivity contribution in [1.82, 2.24) is 0 Å². The Labute approximate surface area is 146 Å². The molecule has 25 heavy (non-hydrogen) atoms. The Morgan fingerprint density at radius 2 is 1.60 bits per heavy atom. The smallest absolute Gasteiger partial charge is 0.203 e. The van der Waals surface area contributed by atoms with E-state index in [0.717, 1.165) is 5.56 Å². The van der Waals surface area contributed by atoms with Gasteiger partial charge < -0.3 is 23.7 Å². The Balaban J connectivity index is 2.01. The molecule has 0 amide bonds. The first-order chi connectivity index (χ1) is 12.1. The molecular weight excluding hydrogens is 324 g/mol. The second kappa shape index (κ2) is 6.93. The highest BCUT2D eigenvalue weighted by molar-refractivity contribution is 6.00. The van der Waals surface area contributed by atoms with Crippen LogP contribution in [0.1, 0.15) is 28.4 Å². The van der Waals surface area contributed by atoms with E-state index in [4.69, 9.17) is 23.7 Å². The predicted octanol–water partition coefficient (Wildman–Crippen LogP) is 3.43. The average molecular weight is 344 g/mol. The van der Waals surface area contributed by atoms with E-state index >= 15 is 0 Å². The number of fused-ring (bicyclic) bond motifs is 1.